The summed E-state index contributed by atoms with van der Waals surface area (Å²) in [7, 11) is 0. The van der Waals surface area contributed by atoms with Crippen LogP contribution in [0.25, 0.3) is 11.0 Å². The molecular weight excluding hydrogens is 390 g/mol. The Labute approximate surface area is 173 Å². The van der Waals surface area contributed by atoms with Crippen molar-refractivity contribution in [2.75, 3.05) is 17.6 Å². The van der Waals surface area contributed by atoms with Crippen LogP contribution in [0.4, 0.5) is 20.5 Å². The Morgan fingerprint density at radius 1 is 1.23 bits per heavy atom. The average Bonchev–Trinajstić information content (AvgIpc) is 3.09. The minimum Gasteiger partial charge on any atom is -0.368 e. The number of nitrogens with one attached hydrogen (secondary N) is 1. The molecule has 2 heterocycles. The van der Waals surface area contributed by atoms with Gasteiger partial charge in [0.2, 0.25) is 5.95 Å². The molecular formula is C21H26F2N6O. The van der Waals surface area contributed by atoms with Crippen molar-refractivity contribution in [3.05, 3.63) is 47.2 Å². The second-order valence-corrected chi connectivity index (χ2v) is 7.32. The van der Waals surface area contributed by atoms with Crippen LogP contribution < -0.4 is 16.8 Å². The van der Waals surface area contributed by atoms with E-state index in [4.69, 9.17) is 11.5 Å². The first kappa shape index (κ1) is 21.5. The highest BCUT2D eigenvalue weighted by Crippen LogP contribution is 2.30. The van der Waals surface area contributed by atoms with E-state index >= 15 is 0 Å². The number of hydrogen-bond acceptors (Lipinski definition) is 5. The molecule has 0 atom stereocenters. The summed E-state index contributed by atoms with van der Waals surface area (Å²) in [6.45, 7) is 4.99. The summed E-state index contributed by atoms with van der Waals surface area (Å²) >= 11 is 0. The molecule has 3 rings (SSSR count). The van der Waals surface area contributed by atoms with E-state index in [1.54, 1.807) is 6.07 Å². The first-order valence-corrected chi connectivity index (χ1v) is 9.88. The summed E-state index contributed by atoms with van der Waals surface area (Å²) in [5.41, 5.74) is 13.1. The number of primary amides is 1. The van der Waals surface area contributed by atoms with Gasteiger partial charge in [-0.15, -0.1) is 0 Å². The lowest BCUT2D eigenvalue weighted by atomic mass is 10.0. The molecule has 1 amide bonds. The van der Waals surface area contributed by atoms with Crippen molar-refractivity contribution >= 4 is 28.7 Å². The monoisotopic (exact) mass is 416 g/mol. The average molecular weight is 416 g/mol. The Bertz CT molecular complexity index is 1060. The maximum absolute atomic E-state index is 14.1. The zero-order valence-electron chi connectivity index (χ0n) is 17.1. The Morgan fingerprint density at radius 2 is 2.00 bits per heavy atom. The van der Waals surface area contributed by atoms with Gasteiger partial charge >= 0.3 is 5.92 Å². The number of alkyl halides is 2. The Kier molecular flexibility index (Phi) is 6.19. The number of benzene rings is 1. The number of fused-ring (bicyclic) bond motifs is 1. The van der Waals surface area contributed by atoms with Crippen LogP contribution in [0.5, 0.6) is 0 Å². The van der Waals surface area contributed by atoms with Crippen molar-refractivity contribution in [1.29, 1.82) is 0 Å². The third-order valence-electron chi connectivity index (χ3n) is 5.06. The van der Waals surface area contributed by atoms with Gasteiger partial charge in [-0.25, -0.2) is 4.98 Å². The van der Waals surface area contributed by atoms with Crippen LogP contribution in [0.2, 0.25) is 0 Å². The van der Waals surface area contributed by atoms with E-state index in [1.807, 2.05) is 23.8 Å². The quantitative estimate of drug-likeness (QED) is 0.462. The predicted octanol–water partition coefficient (Wildman–Crippen LogP) is 3.55. The molecule has 5 N–H and O–H groups in total. The van der Waals surface area contributed by atoms with E-state index < -0.39 is 17.4 Å². The number of unbranched alkanes of at least 4 members (excludes halogenated alkanes) is 2. The normalized spacial score (nSPS) is 11.7. The summed E-state index contributed by atoms with van der Waals surface area (Å²) in [4.78, 5) is 19.8. The summed E-state index contributed by atoms with van der Waals surface area (Å²) in [5.74, 6) is -4.64. The number of nitrogen functional groups attached to an aromatic ring is 1. The molecule has 0 fully saturated rings. The highest BCUT2D eigenvalue weighted by Gasteiger charge is 2.39. The lowest BCUT2D eigenvalue weighted by molar-refractivity contribution is -0.143. The van der Waals surface area contributed by atoms with Crippen LogP contribution in [0.1, 0.15) is 42.9 Å². The third kappa shape index (κ3) is 4.34. The van der Waals surface area contributed by atoms with Gasteiger partial charge < -0.3 is 21.4 Å². The number of aryl methyl sites for hydroxylation is 1. The van der Waals surface area contributed by atoms with Crippen LogP contribution >= 0.6 is 0 Å². The molecule has 160 valence electrons. The highest BCUT2D eigenvalue weighted by atomic mass is 19.3. The molecule has 0 spiro atoms. The standard InChI is InChI=1S/C21H26F2N6O/c1-3-4-5-9-26-18-17-16(27-20(25)28-18)8-10-29(17)12-14-11-15(7-6-13(14)2)21(22,23)19(24)30/h6-8,10-11H,3-5,9,12H2,1-2H3,(H2,24,30)(H3,25,26,27,28). The van der Waals surface area contributed by atoms with Gasteiger partial charge in [-0.3, -0.25) is 4.79 Å². The first-order chi connectivity index (χ1) is 14.2. The van der Waals surface area contributed by atoms with Crippen LogP contribution in [0.3, 0.4) is 0 Å². The Balaban J connectivity index is 1.97. The largest absolute Gasteiger partial charge is 0.368 e. The molecule has 0 saturated heterocycles. The van der Waals surface area contributed by atoms with E-state index in [2.05, 4.69) is 22.2 Å². The molecule has 2 aromatic heterocycles. The number of carbonyl (C=O) groups is 1. The Hall–Kier alpha value is -3.23. The van der Waals surface area contributed by atoms with Gasteiger partial charge in [-0.1, -0.05) is 31.9 Å². The minimum atomic E-state index is -3.73. The molecule has 0 bridgehead atoms. The third-order valence-corrected chi connectivity index (χ3v) is 5.06. The molecule has 0 radical (unpaired) electrons. The van der Waals surface area contributed by atoms with Crippen LogP contribution in [0.15, 0.2) is 30.5 Å². The predicted molar refractivity (Wildman–Crippen MR) is 113 cm³/mol. The van der Waals surface area contributed by atoms with Crippen molar-refractivity contribution in [1.82, 2.24) is 14.5 Å². The zero-order valence-corrected chi connectivity index (χ0v) is 17.1. The van der Waals surface area contributed by atoms with Gasteiger partial charge in [0.05, 0.1) is 5.52 Å². The first-order valence-electron chi connectivity index (χ1n) is 9.88. The number of carbonyl (C=O) groups excluding carboxylic acids is 1. The van der Waals surface area contributed by atoms with Gasteiger partial charge in [0.1, 0.15) is 5.52 Å². The second-order valence-electron chi connectivity index (χ2n) is 7.32. The van der Waals surface area contributed by atoms with Crippen LogP contribution in [-0.2, 0) is 17.3 Å². The second kappa shape index (κ2) is 8.64. The van der Waals surface area contributed by atoms with E-state index in [9.17, 15) is 13.6 Å². The number of nitrogens with two attached hydrogens (primary N) is 2. The summed E-state index contributed by atoms with van der Waals surface area (Å²) < 4.78 is 30.1. The molecule has 0 unspecified atom stereocenters. The van der Waals surface area contributed by atoms with Crippen LogP contribution in [-0.4, -0.2) is 27.0 Å². The maximum Gasteiger partial charge on any atom is 0.349 e. The van der Waals surface area contributed by atoms with Crippen LogP contribution in [0, 0.1) is 6.92 Å². The molecule has 30 heavy (non-hydrogen) atoms. The summed E-state index contributed by atoms with van der Waals surface area (Å²) in [5, 5.41) is 3.31. The number of rotatable bonds is 9. The van der Waals surface area contributed by atoms with E-state index in [0.717, 1.165) is 36.9 Å². The van der Waals surface area contributed by atoms with Gasteiger partial charge in [0.15, 0.2) is 5.82 Å². The fourth-order valence-electron chi connectivity index (χ4n) is 3.32. The van der Waals surface area contributed by atoms with Gasteiger partial charge in [0.25, 0.3) is 5.91 Å². The molecule has 0 saturated carbocycles. The van der Waals surface area contributed by atoms with Gasteiger partial charge in [-0.05, 0) is 36.6 Å². The van der Waals surface area contributed by atoms with Gasteiger partial charge in [-0.2, -0.15) is 13.8 Å². The number of amides is 1. The van der Waals surface area contributed by atoms with E-state index in [1.165, 1.54) is 12.1 Å². The van der Waals surface area contributed by atoms with E-state index in [0.29, 0.717) is 23.4 Å². The highest BCUT2D eigenvalue weighted by molar-refractivity contribution is 5.87. The molecule has 0 aliphatic carbocycles. The van der Waals surface area contributed by atoms with Crippen molar-refractivity contribution < 1.29 is 13.6 Å². The molecule has 0 aliphatic rings. The molecule has 3 aromatic rings. The topological polar surface area (TPSA) is 112 Å². The Morgan fingerprint density at radius 3 is 2.70 bits per heavy atom. The zero-order chi connectivity index (χ0) is 21.9. The molecule has 0 aliphatic heterocycles. The molecule has 9 heteroatoms. The maximum atomic E-state index is 14.1. The fourth-order valence-corrected chi connectivity index (χ4v) is 3.32. The number of nitrogens with zero attached hydrogens (tertiary/aromatic N) is 3. The molecule has 7 nitrogen and oxygen atoms in total. The number of hydrogen-bond donors (Lipinski definition) is 3. The fraction of sp³-hybridized carbons (Fsp3) is 0.381. The van der Waals surface area contributed by atoms with Crippen molar-refractivity contribution in [2.24, 2.45) is 5.73 Å². The lowest BCUT2D eigenvalue weighted by Gasteiger charge is -2.16. The lowest BCUT2D eigenvalue weighted by Crippen LogP contribution is -2.33. The van der Waals surface area contributed by atoms with Crippen molar-refractivity contribution in [3.63, 3.8) is 0 Å². The number of halogens is 2. The number of anilines is 2. The van der Waals surface area contributed by atoms with Crippen molar-refractivity contribution in [2.45, 2.75) is 45.6 Å². The summed E-state index contributed by atoms with van der Waals surface area (Å²) in [6.07, 6.45) is 5.00. The van der Waals surface area contributed by atoms with E-state index in [-0.39, 0.29) is 5.95 Å². The smallest absolute Gasteiger partial charge is 0.349 e. The SMILES string of the molecule is CCCCCNc1nc(N)nc2ccn(Cc3cc(C(F)(F)C(N)=O)ccc3C)c12. The minimum absolute atomic E-state index is 0.164. The number of aromatic nitrogens is 3. The molecule has 1 aromatic carbocycles. The van der Waals surface area contributed by atoms with Crippen molar-refractivity contribution in [3.8, 4) is 0 Å². The van der Waals surface area contributed by atoms with Gasteiger partial charge in [0, 0.05) is 24.8 Å². The summed E-state index contributed by atoms with van der Waals surface area (Å²) in [6, 6.07) is 5.91.